The Bertz CT molecular complexity index is 411. The third kappa shape index (κ3) is 4.67. The maximum atomic E-state index is 11.6. The second kappa shape index (κ2) is 7.28. The van der Waals surface area contributed by atoms with Crippen LogP contribution in [0.15, 0.2) is 17.5 Å². The van der Waals surface area contributed by atoms with E-state index >= 15 is 0 Å². The van der Waals surface area contributed by atoms with Crippen LogP contribution in [0.1, 0.15) is 54.6 Å². The van der Waals surface area contributed by atoms with E-state index in [1.54, 1.807) is 6.07 Å². The van der Waals surface area contributed by atoms with Crippen molar-refractivity contribution in [3.8, 4) is 0 Å². The van der Waals surface area contributed by atoms with Crippen LogP contribution in [-0.2, 0) is 4.79 Å². The molecular formula is C14H20N2O2S. The smallest absolute Gasteiger partial charge is 0.273 e. The molecule has 0 radical (unpaired) electrons. The molecule has 0 saturated heterocycles. The van der Waals surface area contributed by atoms with Crippen LogP contribution in [0.2, 0.25) is 0 Å². The molecule has 4 nitrogen and oxygen atoms in total. The molecule has 0 spiro atoms. The minimum atomic E-state index is -0.249. The second-order valence-electron chi connectivity index (χ2n) is 5.02. The van der Waals surface area contributed by atoms with E-state index < -0.39 is 0 Å². The van der Waals surface area contributed by atoms with Crippen LogP contribution >= 0.6 is 11.3 Å². The number of nitrogens with one attached hydrogen (secondary N) is 2. The third-order valence-electron chi connectivity index (χ3n) is 3.56. The van der Waals surface area contributed by atoms with Crippen LogP contribution in [0.25, 0.3) is 0 Å². The largest absolute Gasteiger partial charge is 0.279 e. The Morgan fingerprint density at radius 3 is 2.68 bits per heavy atom. The highest BCUT2D eigenvalue weighted by atomic mass is 32.1. The van der Waals surface area contributed by atoms with Crippen molar-refractivity contribution in [2.45, 2.75) is 44.9 Å². The summed E-state index contributed by atoms with van der Waals surface area (Å²) in [6, 6.07) is 3.54. The quantitative estimate of drug-likeness (QED) is 0.833. The third-order valence-corrected chi connectivity index (χ3v) is 4.43. The Hall–Kier alpha value is -1.36. The zero-order valence-corrected chi connectivity index (χ0v) is 11.8. The summed E-state index contributed by atoms with van der Waals surface area (Å²) in [6.45, 7) is 0. The molecule has 0 unspecified atom stereocenters. The van der Waals surface area contributed by atoms with E-state index in [2.05, 4.69) is 10.9 Å². The Labute approximate surface area is 117 Å². The molecule has 0 aliphatic heterocycles. The molecule has 104 valence electrons. The van der Waals surface area contributed by atoms with Gasteiger partial charge in [0.15, 0.2) is 0 Å². The predicted octanol–water partition coefficient (Wildman–Crippen LogP) is 2.87. The van der Waals surface area contributed by atoms with Gasteiger partial charge in [-0.15, -0.1) is 11.3 Å². The number of carbonyl (C=O) groups is 2. The second-order valence-corrected chi connectivity index (χ2v) is 5.97. The zero-order valence-electron chi connectivity index (χ0n) is 11.0. The van der Waals surface area contributed by atoms with Gasteiger partial charge in [0, 0.05) is 6.42 Å². The van der Waals surface area contributed by atoms with Gasteiger partial charge in [-0.1, -0.05) is 38.2 Å². The summed E-state index contributed by atoms with van der Waals surface area (Å²) in [7, 11) is 0. The summed E-state index contributed by atoms with van der Waals surface area (Å²) in [5.41, 5.74) is 4.92. The van der Waals surface area contributed by atoms with Crippen molar-refractivity contribution >= 4 is 23.2 Å². The highest BCUT2D eigenvalue weighted by Crippen LogP contribution is 2.27. The van der Waals surface area contributed by atoms with E-state index in [4.69, 9.17) is 0 Å². The zero-order chi connectivity index (χ0) is 13.5. The topological polar surface area (TPSA) is 58.2 Å². The van der Waals surface area contributed by atoms with Crippen molar-refractivity contribution < 1.29 is 9.59 Å². The lowest BCUT2D eigenvalue weighted by molar-refractivity contribution is -0.122. The minimum absolute atomic E-state index is 0.101. The van der Waals surface area contributed by atoms with Gasteiger partial charge in [-0.3, -0.25) is 20.4 Å². The molecule has 19 heavy (non-hydrogen) atoms. The Morgan fingerprint density at radius 2 is 2.00 bits per heavy atom. The van der Waals surface area contributed by atoms with Gasteiger partial charge in [0.2, 0.25) is 5.91 Å². The first kappa shape index (κ1) is 14.1. The van der Waals surface area contributed by atoms with Crippen LogP contribution < -0.4 is 10.9 Å². The summed E-state index contributed by atoms with van der Waals surface area (Å²) in [6.07, 6.45) is 7.84. The van der Waals surface area contributed by atoms with E-state index in [0.29, 0.717) is 17.2 Å². The first-order valence-corrected chi connectivity index (χ1v) is 7.76. The highest BCUT2D eigenvalue weighted by Gasteiger charge is 2.15. The molecule has 2 rings (SSSR count). The van der Waals surface area contributed by atoms with Crippen LogP contribution in [0.5, 0.6) is 0 Å². The average molecular weight is 280 g/mol. The fourth-order valence-corrected chi connectivity index (χ4v) is 3.09. The molecule has 0 aromatic carbocycles. The van der Waals surface area contributed by atoms with Crippen LogP contribution in [0, 0.1) is 5.92 Å². The molecular weight excluding hydrogens is 260 g/mol. The Balaban J connectivity index is 1.63. The van der Waals surface area contributed by atoms with Gasteiger partial charge < -0.3 is 0 Å². The van der Waals surface area contributed by atoms with Gasteiger partial charge in [-0.25, -0.2) is 0 Å². The number of amides is 2. The van der Waals surface area contributed by atoms with Crippen molar-refractivity contribution in [2.24, 2.45) is 5.92 Å². The van der Waals surface area contributed by atoms with Crippen LogP contribution in [0.3, 0.4) is 0 Å². The molecule has 1 fully saturated rings. The fraction of sp³-hybridized carbons (Fsp3) is 0.571. The molecule has 1 aromatic heterocycles. The molecule has 2 amide bonds. The summed E-state index contributed by atoms with van der Waals surface area (Å²) in [5, 5.41) is 1.83. The van der Waals surface area contributed by atoms with Crippen molar-refractivity contribution in [2.75, 3.05) is 0 Å². The summed E-state index contributed by atoms with van der Waals surface area (Å²) < 4.78 is 0. The molecule has 1 aromatic rings. The van der Waals surface area contributed by atoms with Gasteiger partial charge in [0.1, 0.15) is 0 Å². The van der Waals surface area contributed by atoms with Gasteiger partial charge in [0.05, 0.1) is 4.88 Å². The van der Waals surface area contributed by atoms with Crippen molar-refractivity contribution in [1.82, 2.24) is 10.9 Å². The van der Waals surface area contributed by atoms with E-state index in [9.17, 15) is 9.59 Å². The van der Waals surface area contributed by atoms with Gasteiger partial charge >= 0.3 is 0 Å². The van der Waals surface area contributed by atoms with E-state index in [1.165, 1.54) is 43.4 Å². The van der Waals surface area contributed by atoms with Crippen molar-refractivity contribution in [1.29, 1.82) is 0 Å². The number of hydrogen-bond donors (Lipinski definition) is 2. The van der Waals surface area contributed by atoms with E-state index in [0.717, 1.165) is 6.42 Å². The summed E-state index contributed by atoms with van der Waals surface area (Å²) >= 11 is 1.36. The summed E-state index contributed by atoms with van der Waals surface area (Å²) in [5.74, 6) is 0.337. The lowest BCUT2D eigenvalue weighted by Crippen LogP contribution is -2.41. The number of rotatable bonds is 4. The fourth-order valence-electron chi connectivity index (χ4n) is 2.47. The molecule has 0 atom stereocenters. The van der Waals surface area contributed by atoms with E-state index in [1.807, 2.05) is 11.4 Å². The lowest BCUT2D eigenvalue weighted by Gasteiger charge is -2.20. The predicted molar refractivity (Wildman–Crippen MR) is 75.7 cm³/mol. The lowest BCUT2D eigenvalue weighted by atomic mass is 9.86. The normalized spacial score (nSPS) is 16.0. The monoisotopic (exact) mass is 280 g/mol. The Morgan fingerprint density at radius 1 is 1.21 bits per heavy atom. The number of thiophene rings is 1. The maximum Gasteiger partial charge on any atom is 0.279 e. The molecule has 1 heterocycles. The standard InChI is InChI=1S/C14H20N2O2S/c17-13(9-8-11-5-2-1-3-6-11)15-16-14(18)12-7-4-10-19-12/h4,7,10-11H,1-3,5-6,8-9H2,(H,15,17)(H,16,18). The molecule has 2 N–H and O–H groups in total. The average Bonchev–Trinajstić information content (AvgIpc) is 2.98. The van der Waals surface area contributed by atoms with Crippen LogP contribution in [-0.4, -0.2) is 11.8 Å². The summed E-state index contributed by atoms with van der Waals surface area (Å²) in [4.78, 5) is 23.8. The SMILES string of the molecule is O=C(CCC1CCCCC1)NNC(=O)c1cccs1. The minimum Gasteiger partial charge on any atom is -0.273 e. The van der Waals surface area contributed by atoms with Gasteiger partial charge in [-0.2, -0.15) is 0 Å². The van der Waals surface area contributed by atoms with E-state index in [-0.39, 0.29) is 11.8 Å². The van der Waals surface area contributed by atoms with Crippen LogP contribution in [0.4, 0.5) is 0 Å². The first-order valence-electron chi connectivity index (χ1n) is 6.88. The molecule has 1 saturated carbocycles. The van der Waals surface area contributed by atoms with Gasteiger partial charge in [-0.05, 0) is 23.8 Å². The molecule has 0 bridgehead atoms. The number of hydrazine groups is 1. The highest BCUT2D eigenvalue weighted by molar-refractivity contribution is 7.12. The van der Waals surface area contributed by atoms with Gasteiger partial charge in [0.25, 0.3) is 5.91 Å². The first-order chi connectivity index (χ1) is 9.25. The molecule has 1 aliphatic carbocycles. The number of carbonyl (C=O) groups excluding carboxylic acids is 2. The van der Waals surface area contributed by atoms with Crippen molar-refractivity contribution in [3.05, 3.63) is 22.4 Å². The molecule has 5 heteroatoms. The van der Waals surface area contributed by atoms with Crippen molar-refractivity contribution in [3.63, 3.8) is 0 Å². The number of hydrogen-bond acceptors (Lipinski definition) is 3. The Kier molecular flexibility index (Phi) is 5.39. The molecule has 1 aliphatic rings. The maximum absolute atomic E-state index is 11.6.